The van der Waals surface area contributed by atoms with Gasteiger partial charge >= 0.3 is 12.1 Å². The molecule has 1 unspecified atom stereocenters. The molecule has 4 heterocycles. The molecule has 6 rings (SSSR count). The molecule has 18 heteroatoms. The third-order valence-corrected chi connectivity index (χ3v) is 9.35. The van der Waals surface area contributed by atoms with Crippen molar-refractivity contribution in [2.75, 3.05) is 37.6 Å². The molecule has 0 bridgehead atoms. The number of carboxylic acids is 1. The normalized spacial score (nSPS) is 17.4. The number of hydrogen-bond donors (Lipinski definition) is 3. The molecule has 2 aromatic carbocycles. The van der Waals surface area contributed by atoms with Crippen LogP contribution in [0.25, 0.3) is 28.1 Å². The number of nitrogens with zero attached hydrogens (tertiary/aromatic N) is 5. The number of halogens is 6. The maximum absolute atomic E-state index is 16.4. The van der Waals surface area contributed by atoms with E-state index in [1.54, 1.807) is 36.8 Å². The van der Waals surface area contributed by atoms with E-state index in [-0.39, 0.29) is 28.4 Å². The number of benzene rings is 2. The molecule has 1 atom stereocenters. The Morgan fingerprint density at radius 1 is 1.00 bits per heavy atom. The number of aliphatic carboxylic acids is 1. The van der Waals surface area contributed by atoms with Crippen LogP contribution >= 0.6 is 11.6 Å². The number of alkyl halides is 3. The molecular weight excluding hydrogens is 697 g/mol. The molecule has 11 nitrogen and oxygen atoms in total. The summed E-state index contributed by atoms with van der Waals surface area (Å²) in [5.41, 5.74) is 2.62. The van der Waals surface area contributed by atoms with Crippen molar-refractivity contribution in [1.82, 2.24) is 24.4 Å². The summed E-state index contributed by atoms with van der Waals surface area (Å²) in [5.74, 6) is -3.87. The van der Waals surface area contributed by atoms with E-state index < -0.39 is 40.0 Å². The molecule has 2 fully saturated rings. The molecular formula is C31H31ClF5N7O4S. The first-order valence-electron chi connectivity index (χ1n) is 15.0. The van der Waals surface area contributed by atoms with Gasteiger partial charge in [-0.2, -0.15) is 31.0 Å². The van der Waals surface area contributed by atoms with Gasteiger partial charge in [0.15, 0.2) is 5.82 Å². The zero-order valence-electron chi connectivity index (χ0n) is 25.7. The van der Waals surface area contributed by atoms with Gasteiger partial charge in [0.05, 0.1) is 6.04 Å². The zero-order chi connectivity index (χ0) is 35.5. The van der Waals surface area contributed by atoms with Crippen molar-refractivity contribution >= 4 is 33.5 Å². The van der Waals surface area contributed by atoms with Gasteiger partial charge in [0.25, 0.3) is 10.2 Å². The van der Waals surface area contributed by atoms with Crippen molar-refractivity contribution < 1.29 is 40.3 Å². The van der Waals surface area contributed by atoms with E-state index in [0.717, 1.165) is 42.6 Å². The second-order valence-corrected chi connectivity index (χ2v) is 13.2. The van der Waals surface area contributed by atoms with Crippen LogP contribution in [0, 0.1) is 11.6 Å². The molecule has 2 saturated heterocycles. The van der Waals surface area contributed by atoms with Crippen LogP contribution in [0.15, 0.2) is 61.1 Å². The number of carboxylic acid groups (broad SMARTS) is 1. The summed E-state index contributed by atoms with van der Waals surface area (Å²) in [5, 5.41) is 20.8. The number of pyridine rings is 1. The summed E-state index contributed by atoms with van der Waals surface area (Å²) in [7, 11) is -4.06. The van der Waals surface area contributed by atoms with Crippen LogP contribution in [0.2, 0.25) is 5.02 Å². The van der Waals surface area contributed by atoms with Gasteiger partial charge < -0.3 is 15.3 Å². The molecule has 2 aromatic heterocycles. The van der Waals surface area contributed by atoms with E-state index in [2.05, 4.69) is 20.3 Å². The molecule has 0 amide bonds. The fourth-order valence-electron chi connectivity index (χ4n) is 5.80. The first-order valence-corrected chi connectivity index (χ1v) is 16.9. The highest BCUT2D eigenvalue weighted by Crippen LogP contribution is 2.42. The summed E-state index contributed by atoms with van der Waals surface area (Å²) in [6.07, 6.45) is 1.55. The van der Waals surface area contributed by atoms with E-state index in [4.69, 9.17) is 26.6 Å². The first kappa shape index (κ1) is 36.1. The van der Waals surface area contributed by atoms with Gasteiger partial charge in [0.2, 0.25) is 0 Å². The van der Waals surface area contributed by atoms with Gasteiger partial charge in [-0.05, 0) is 68.3 Å². The largest absolute Gasteiger partial charge is 0.490 e. The van der Waals surface area contributed by atoms with Crippen molar-refractivity contribution in [1.29, 1.82) is 0 Å². The SMILES string of the molecule is NS(=O)(=O)N1CCCC1c1cc(Cl)cc(-c2cn(-c3ccc(N4CCCNCC4)cc3F)nc2-c2ccncc2)c1F.O=C(O)C(F)(F)F. The zero-order valence-corrected chi connectivity index (χ0v) is 27.2. The minimum atomic E-state index is -5.08. The van der Waals surface area contributed by atoms with E-state index in [1.165, 1.54) is 22.9 Å². The van der Waals surface area contributed by atoms with Crippen LogP contribution in [0.4, 0.5) is 27.6 Å². The number of anilines is 1. The van der Waals surface area contributed by atoms with Crippen molar-refractivity contribution in [3.63, 3.8) is 0 Å². The lowest BCUT2D eigenvalue weighted by Crippen LogP contribution is -2.36. The van der Waals surface area contributed by atoms with Crippen LogP contribution in [0.5, 0.6) is 0 Å². The number of carbonyl (C=O) groups is 1. The van der Waals surface area contributed by atoms with Crippen molar-refractivity contribution in [2.24, 2.45) is 5.14 Å². The molecule has 2 aliphatic rings. The van der Waals surface area contributed by atoms with Crippen LogP contribution in [0.3, 0.4) is 0 Å². The Kier molecular flexibility index (Phi) is 10.9. The quantitative estimate of drug-likeness (QED) is 0.227. The lowest BCUT2D eigenvalue weighted by atomic mass is 9.96. The predicted octanol–water partition coefficient (Wildman–Crippen LogP) is 5.31. The summed E-state index contributed by atoms with van der Waals surface area (Å²) < 4.78 is 90.7. The number of hydrogen-bond acceptors (Lipinski definition) is 7. The second-order valence-electron chi connectivity index (χ2n) is 11.3. The number of rotatable bonds is 6. The lowest BCUT2D eigenvalue weighted by molar-refractivity contribution is -0.192. The van der Waals surface area contributed by atoms with Crippen LogP contribution in [0.1, 0.15) is 30.9 Å². The van der Waals surface area contributed by atoms with Gasteiger partial charge in [-0.1, -0.05) is 11.6 Å². The average molecular weight is 728 g/mol. The Labute approximate surface area is 283 Å². The molecule has 4 N–H and O–H groups in total. The highest BCUT2D eigenvalue weighted by molar-refractivity contribution is 7.86. The summed E-state index contributed by atoms with van der Waals surface area (Å²) in [4.78, 5) is 15.1. The van der Waals surface area contributed by atoms with Crippen LogP contribution in [-0.4, -0.2) is 77.5 Å². The maximum atomic E-state index is 16.4. The Balaban J connectivity index is 0.000000606. The van der Waals surface area contributed by atoms with Crippen LogP contribution in [-0.2, 0) is 15.0 Å². The van der Waals surface area contributed by atoms with Crippen molar-refractivity contribution in [3.8, 4) is 28.1 Å². The Morgan fingerprint density at radius 3 is 2.37 bits per heavy atom. The Hall–Kier alpha value is -4.16. The molecule has 0 saturated carbocycles. The molecule has 0 aliphatic carbocycles. The lowest BCUT2D eigenvalue weighted by Gasteiger charge is -2.23. The summed E-state index contributed by atoms with van der Waals surface area (Å²) in [6.45, 7) is 3.53. The second kappa shape index (κ2) is 14.8. The fourth-order valence-corrected chi connectivity index (χ4v) is 6.99. The number of nitrogens with one attached hydrogen (secondary N) is 1. The fraction of sp³-hybridized carbons (Fsp3) is 0.323. The van der Waals surface area contributed by atoms with Crippen molar-refractivity contribution in [2.45, 2.75) is 31.5 Å². The maximum Gasteiger partial charge on any atom is 0.490 e. The van der Waals surface area contributed by atoms with Gasteiger partial charge in [0, 0.05) is 77.7 Å². The third-order valence-electron chi connectivity index (χ3n) is 8.04. The molecule has 4 aromatic rings. The van der Waals surface area contributed by atoms with Gasteiger partial charge in [-0.15, -0.1) is 0 Å². The highest BCUT2D eigenvalue weighted by Gasteiger charge is 2.38. The minimum absolute atomic E-state index is 0.117. The van der Waals surface area contributed by atoms with E-state index in [0.29, 0.717) is 29.7 Å². The highest BCUT2D eigenvalue weighted by atomic mass is 35.5. The molecule has 49 heavy (non-hydrogen) atoms. The van der Waals surface area contributed by atoms with Crippen LogP contribution < -0.4 is 15.4 Å². The molecule has 262 valence electrons. The first-order chi connectivity index (χ1) is 23.1. The smallest absolute Gasteiger partial charge is 0.475 e. The van der Waals surface area contributed by atoms with Gasteiger partial charge in [0.1, 0.15) is 17.2 Å². The molecule has 0 spiro atoms. The van der Waals surface area contributed by atoms with E-state index in [9.17, 15) is 21.6 Å². The Morgan fingerprint density at radius 2 is 1.71 bits per heavy atom. The predicted molar refractivity (Wildman–Crippen MR) is 172 cm³/mol. The number of aromatic nitrogens is 3. The molecule has 2 aliphatic heterocycles. The third kappa shape index (κ3) is 8.36. The minimum Gasteiger partial charge on any atom is -0.475 e. The number of nitrogens with two attached hydrogens (primary N) is 1. The van der Waals surface area contributed by atoms with E-state index >= 15 is 8.78 Å². The summed E-state index contributed by atoms with van der Waals surface area (Å²) in [6, 6.07) is 10.6. The molecule has 0 radical (unpaired) electrons. The standard InChI is InChI=1S/C29H30ClF2N7O2S.C2HF3O2/c30-20-15-22(28(32)23(16-20)26-3-1-13-39(26)42(33,40)41)24-18-38(36-29(24)19-6-9-35-10-7-19)27-5-4-21(17-25(27)31)37-12-2-8-34-11-14-37;3-2(4,5)1(6)7/h4-7,9-10,15-18,26,34H,1-3,8,11-14H2,(H2,33,40,41);(H,6,7). The van der Waals surface area contributed by atoms with Gasteiger partial charge in [-0.25, -0.2) is 23.4 Å². The Bertz CT molecular complexity index is 1920. The topological polar surface area (TPSA) is 147 Å². The average Bonchev–Trinajstić information content (AvgIpc) is 3.63. The van der Waals surface area contributed by atoms with Gasteiger partial charge in [-0.3, -0.25) is 4.98 Å². The monoisotopic (exact) mass is 727 g/mol. The summed E-state index contributed by atoms with van der Waals surface area (Å²) >= 11 is 6.49. The van der Waals surface area contributed by atoms with E-state index in [1.807, 2.05) is 6.07 Å². The van der Waals surface area contributed by atoms with Crippen molar-refractivity contribution in [3.05, 3.63) is 83.3 Å².